The first-order chi connectivity index (χ1) is 12.5. The largest absolute Gasteiger partial charge is 0.497 e. The van der Waals surface area contributed by atoms with E-state index in [-0.39, 0.29) is 5.91 Å². The lowest BCUT2D eigenvalue weighted by Gasteiger charge is -2.15. The standard InChI is InChI=1S/C19H22BrNO5/c1-5-8-26-18-14(20)9-12(10-17(18)25-4)19(22)21-15-11-13(23-2)6-7-16(15)24-3/h6-7,9-11H,5,8H2,1-4H3,(H,21,22). The molecule has 1 amide bonds. The lowest BCUT2D eigenvalue weighted by Crippen LogP contribution is -2.13. The molecule has 140 valence electrons. The van der Waals surface area contributed by atoms with E-state index < -0.39 is 0 Å². The second kappa shape index (κ2) is 9.33. The van der Waals surface area contributed by atoms with Crippen molar-refractivity contribution in [3.63, 3.8) is 0 Å². The number of anilines is 1. The van der Waals surface area contributed by atoms with Gasteiger partial charge in [0.2, 0.25) is 0 Å². The van der Waals surface area contributed by atoms with Gasteiger partial charge in [0.25, 0.3) is 5.91 Å². The van der Waals surface area contributed by atoms with Crippen molar-refractivity contribution >= 4 is 27.5 Å². The number of ether oxygens (including phenoxy) is 4. The Labute approximate surface area is 161 Å². The summed E-state index contributed by atoms with van der Waals surface area (Å²) in [7, 11) is 4.63. The van der Waals surface area contributed by atoms with Gasteiger partial charge in [0, 0.05) is 11.6 Å². The first-order valence-electron chi connectivity index (χ1n) is 8.07. The minimum Gasteiger partial charge on any atom is -0.497 e. The Morgan fingerprint density at radius 2 is 1.77 bits per heavy atom. The third kappa shape index (κ3) is 4.60. The highest BCUT2D eigenvalue weighted by Crippen LogP contribution is 2.37. The molecule has 0 aliphatic rings. The van der Waals surface area contributed by atoms with Crippen LogP contribution < -0.4 is 24.3 Å². The monoisotopic (exact) mass is 423 g/mol. The van der Waals surface area contributed by atoms with Crippen LogP contribution in [-0.2, 0) is 0 Å². The Hall–Kier alpha value is -2.41. The molecule has 0 atom stereocenters. The van der Waals surface area contributed by atoms with E-state index in [4.69, 9.17) is 18.9 Å². The second-order valence-electron chi connectivity index (χ2n) is 5.36. The van der Waals surface area contributed by atoms with E-state index in [2.05, 4.69) is 21.2 Å². The minimum atomic E-state index is -0.308. The Balaban J connectivity index is 2.31. The number of halogens is 1. The summed E-state index contributed by atoms with van der Waals surface area (Å²) in [6.45, 7) is 2.57. The molecule has 0 radical (unpaired) electrons. The first kappa shape index (κ1) is 19.9. The molecule has 0 heterocycles. The highest BCUT2D eigenvalue weighted by molar-refractivity contribution is 9.10. The number of rotatable bonds is 8. The molecule has 2 aromatic carbocycles. The summed E-state index contributed by atoms with van der Waals surface area (Å²) in [5.74, 6) is 1.90. The van der Waals surface area contributed by atoms with Gasteiger partial charge in [-0.1, -0.05) is 6.92 Å². The third-order valence-electron chi connectivity index (χ3n) is 3.60. The van der Waals surface area contributed by atoms with Gasteiger partial charge in [0.15, 0.2) is 11.5 Å². The highest BCUT2D eigenvalue weighted by Gasteiger charge is 2.17. The topological polar surface area (TPSA) is 66.0 Å². The molecule has 2 rings (SSSR count). The van der Waals surface area contributed by atoms with Gasteiger partial charge in [-0.05, 0) is 46.6 Å². The van der Waals surface area contributed by atoms with Crippen LogP contribution in [0.2, 0.25) is 0 Å². The van der Waals surface area contributed by atoms with E-state index in [1.165, 1.54) is 14.2 Å². The van der Waals surface area contributed by atoms with Gasteiger partial charge in [-0.25, -0.2) is 0 Å². The maximum Gasteiger partial charge on any atom is 0.255 e. The fraction of sp³-hybridized carbons (Fsp3) is 0.316. The van der Waals surface area contributed by atoms with Crippen LogP contribution in [0.1, 0.15) is 23.7 Å². The Morgan fingerprint density at radius 3 is 2.38 bits per heavy atom. The minimum absolute atomic E-state index is 0.308. The summed E-state index contributed by atoms with van der Waals surface area (Å²) in [6.07, 6.45) is 0.869. The number of carbonyl (C=O) groups excluding carboxylic acids is 1. The molecule has 0 bridgehead atoms. The quantitative estimate of drug-likeness (QED) is 0.675. The van der Waals surface area contributed by atoms with Crippen molar-refractivity contribution in [2.45, 2.75) is 13.3 Å². The smallest absolute Gasteiger partial charge is 0.255 e. The second-order valence-corrected chi connectivity index (χ2v) is 6.21. The maximum absolute atomic E-state index is 12.7. The molecule has 6 nitrogen and oxygen atoms in total. The van der Waals surface area contributed by atoms with E-state index in [1.54, 1.807) is 37.4 Å². The lowest BCUT2D eigenvalue weighted by atomic mass is 10.1. The summed E-state index contributed by atoms with van der Waals surface area (Å²) in [5.41, 5.74) is 0.931. The van der Waals surface area contributed by atoms with Gasteiger partial charge in [-0.2, -0.15) is 0 Å². The number of carbonyl (C=O) groups is 1. The number of benzene rings is 2. The van der Waals surface area contributed by atoms with Gasteiger partial charge in [0.05, 0.1) is 38.1 Å². The zero-order chi connectivity index (χ0) is 19.1. The normalized spacial score (nSPS) is 10.2. The van der Waals surface area contributed by atoms with E-state index >= 15 is 0 Å². The summed E-state index contributed by atoms with van der Waals surface area (Å²) < 4.78 is 22.2. The molecule has 0 spiro atoms. The number of amides is 1. The molecule has 0 saturated carbocycles. The van der Waals surface area contributed by atoms with E-state index in [1.807, 2.05) is 6.92 Å². The fourth-order valence-corrected chi connectivity index (χ4v) is 2.86. The van der Waals surface area contributed by atoms with Gasteiger partial charge < -0.3 is 24.3 Å². The predicted molar refractivity (Wildman–Crippen MR) is 104 cm³/mol. The van der Waals surface area contributed by atoms with Crippen molar-refractivity contribution in [3.8, 4) is 23.0 Å². The SMILES string of the molecule is CCCOc1c(Br)cc(C(=O)Nc2cc(OC)ccc2OC)cc1OC. The third-order valence-corrected chi connectivity index (χ3v) is 4.19. The van der Waals surface area contributed by atoms with Crippen molar-refractivity contribution in [1.29, 1.82) is 0 Å². The summed E-state index contributed by atoms with van der Waals surface area (Å²) >= 11 is 3.44. The van der Waals surface area contributed by atoms with Crippen LogP contribution in [0.5, 0.6) is 23.0 Å². The van der Waals surface area contributed by atoms with E-state index in [9.17, 15) is 4.79 Å². The van der Waals surface area contributed by atoms with Gasteiger partial charge in [-0.15, -0.1) is 0 Å². The molecule has 1 N–H and O–H groups in total. The van der Waals surface area contributed by atoms with Crippen molar-refractivity contribution in [2.24, 2.45) is 0 Å². The van der Waals surface area contributed by atoms with E-state index in [0.717, 1.165) is 6.42 Å². The molecule has 0 aromatic heterocycles. The molecule has 0 aliphatic carbocycles. The number of hydrogen-bond acceptors (Lipinski definition) is 5. The molecule has 0 saturated heterocycles. The fourth-order valence-electron chi connectivity index (χ4n) is 2.30. The Bertz CT molecular complexity index is 779. The molecule has 0 fully saturated rings. The van der Waals surface area contributed by atoms with Crippen LogP contribution >= 0.6 is 15.9 Å². The zero-order valence-corrected chi connectivity index (χ0v) is 16.8. The summed E-state index contributed by atoms with van der Waals surface area (Å²) in [6, 6.07) is 8.51. The lowest BCUT2D eigenvalue weighted by molar-refractivity contribution is 0.102. The van der Waals surface area contributed by atoms with Crippen molar-refractivity contribution in [3.05, 3.63) is 40.4 Å². The van der Waals surface area contributed by atoms with Gasteiger partial charge >= 0.3 is 0 Å². The van der Waals surface area contributed by atoms with Crippen molar-refractivity contribution in [2.75, 3.05) is 33.3 Å². The Kier molecular flexibility index (Phi) is 7.15. The predicted octanol–water partition coefficient (Wildman–Crippen LogP) is 4.52. The van der Waals surface area contributed by atoms with Gasteiger partial charge in [0.1, 0.15) is 11.5 Å². The van der Waals surface area contributed by atoms with Crippen molar-refractivity contribution < 1.29 is 23.7 Å². The van der Waals surface area contributed by atoms with Crippen LogP contribution in [0.15, 0.2) is 34.8 Å². The molecule has 0 aliphatic heterocycles. The van der Waals surface area contributed by atoms with Crippen LogP contribution in [0.3, 0.4) is 0 Å². The first-order valence-corrected chi connectivity index (χ1v) is 8.87. The molecule has 0 unspecified atom stereocenters. The number of methoxy groups -OCH3 is 3. The molecular weight excluding hydrogens is 402 g/mol. The van der Waals surface area contributed by atoms with E-state index in [0.29, 0.717) is 45.3 Å². The summed E-state index contributed by atoms with van der Waals surface area (Å²) in [4.78, 5) is 12.7. The van der Waals surface area contributed by atoms with Crippen LogP contribution in [0, 0.1) is 0 Å². The molecule has 26 heavy (non-hydrogen) atoms. The maximum atomic E-state index is 12.7. The Morgan fingerprint density at radius 1 is 1.04 bits per heavy atom. The van der Waals surface area contributed by atoms with Gasteiger partial charge in [-0.3, -0.25) is 4.79 Å². The van der Waals surface area contributed by atoms with Crippen LogP contribution in [0.4, 0.5) is 5.69 Å². The molecule has 7 heteroatoms. The molecular formula is C19H22BrNO5. The summed E-state index contributed by atoms with van der Waals surface area (Å²) in [5, 5.41) is 2.83. The number of nitrogens with one attached hydrogen (secondary N) is 1. The average molecular weight is 424 g/mol. The molecule has 2 aromatic rings. The van der Waals surface area contributed by atoms with Crippen LogP contribution in [0.25, 0.3) is 0 Å². The average Bonchev–Trinajstić information content (AvgIpc) is 2.66. The highest BCUT2D eigenvalue weighted by atomic mass is 79.9. The number of hydrogen-bond donors (Lipinski definition) is 1. The zero-order valence-electron chi connectivity index (χ0n) is 15.2. The van der Waals surface area contributed by atoms with Crippen LogP contribution in [-0.4, -0.2) is 33.8 Å². The van der Waals surface area contributed by atoms with Crippen molar-refractivity contribution in [1.82, 2.24) is 0 Å².